The normalized spacial score (nSPS) is 10.2. The Hall–Kier alpha value is -2.40. The van der Waals surface area contributed by atoms with Crippen molar-refractivity contribution in [3.8, 4) is 0 Å². The number of nitrogens with one attached hydrogen (secondary N) is 2. The Bertz CT molecular complexity index is 587. The largest absolute Gasteiger partial charge is 0.380 e. The highest BCUT2D eigenvalue weighted by atomic mass is 16.6. The molecule has 0 spiro atoms. The Morgan fingerprint density at radius 2 is 1.95 bits per heavy atom. The molecule has 5 nitrogen and oxygen atoms in total. The van der Waals surface area contributed by atoms with Crippen molar-refractivity contribution in [1.29, 1.82) is 0 Å². The number of anilines is 1. The highest BCUT2D eigenvalue weighted by Crippen LogP contribution is 2.16. The molecule has 2 aromatic rings. The van der Waals surface area contributed by atoms with Gasteiger partial charge < -0.3 is 5.32 Å². The van der Waals surface area contributed by atoms with Crippen molar-refractivity contribution in [3.05, 3.63) is 59.9 Å². The number of unbranched alkanes of at least 4 members (excludes halogenated alkanes) is 1. The third-order valence-corrected chi connectivity index (χ3v) is 3.17. The van der Waals surface area contributed by atoms with Crippen LogP contribution in [0.2, 0.25) is 0 Å². The van der Waals surface area contributed by atoms with E-state index in [0.29, 0.717) is 18.7 Å². The lowest BCUT2D eigenvalue weighted by atomic mass is 10.1. The molecular weight excluding hydrogens is 278 g/mol. The number of para-hydroxylation sites is 1. The van der Waals surface area contributed by atoms with Gasteiger partial charge in [0.05, 0.1) is 12.2 Å². The Kier molecular flexibility index (Phi) is 6.39. The second kappa shape index (κ2) is 8.79. The van der Waals surface area contributed by atoms with E-state index in [4.69, 9.17) is 4.84 Å². The van der Waals surface area contributed by atoms with Gasteiger partial charge >= 0.3 is 0 Å². The van der Waals surface area contributed by atoms with Crippen molar-refractivity contribution in [2.75, 3.05) is 11.9 Å². The first kappa shape index (κ1) is 16.0. The number of pyridine rings is 1. The van der Waals surface area contributed by atoms with Crippen LogP contribution < -0.4 is 10.8 Å². The smallest absolute Gasteiger partial charge is 0.276 e. The summed E-state index contributed by atoms with van der Waals surface area (Å²) < 4.78 is 0. The standard InChI is InChI=1S/C17H21N3O2/c1-2-3-12-22-20-17(21)15-6-4-5-7-16(15)19-13-14-8-10-18-11-9-14/h4-11,19H,2-3,12-13H2,1H3,(H,20,21). The summed E-state index contributed by atoms with van der Waals surface area (Å²) in [4.78, 5) is 21.3. The van der Waals surface area contributed by atoms with E-state index in [-0.39, 0.29) is 5.91 Å². The molecule has 1 aromatic heterocycles. The number of carbonyl (C=O) groups excluding carboxylic acids is 1. The second-order valence-corrected chi connectivity index (χ2v) is 4.89. The van der Waals surface area contributed by atoms with Crippen molar-refractivity contribution in [2.24, 2.45) is 0 Å². The third kappa shape index (κ3) is 4.86. The Labute approximate surface area is 130 Å². The van der Waals surface area contributed by atoms with Gasteiger partial charge in [0.15, 0.2) is 0 Å². The average Bonchev–Trinajstić information content (AvgIpc) is 2.58. The highest BCUT2D eigenvalue weighted by molar-refractivity contribution is 5.98. The summed E-state index contributed by atoms with van der Waals surface area (Å²) in [6.45, 7) is 3.22. The van der Waals surface area contributed by atoms with E-state index in [1.807, 2.05) is 30.3 Å². The van der Waals surface area contributed by atoms with Crippen LogP contribution in [-0.4, -0.2) is 17.5 Å². The molecule has 1 heterocycles. The third-order valence-electron chi connectivity index (χ3n) is 3.17. The molecule has 1 amide bonds. The lowest BCUT2D eigenvalue weighted by Gasteiger charge is -2.12. The van der Waals surface area contributed by atoms with Gasteiger partial charge in [-0.2, -0.15) is 0 Å². The summed E-state index contributed by atoms with van der Waals surface area (Å²) >= 11 is 0. The molecule has 0 atom stereocenters. The summed E-state index contributed by atoms with van der Waals surface area (Å²) in [5, 5.41) is 3.27. The van der Waals surface area contributed by atoms with Crippen LogP contribution in [0.3, 0.4) is 0 Å². The molecule has 0 radical (unpaired) electrons. The molecule has 0 aliphatic carbocycles. The summed E-state index contributed by atoms with van der Waals surface area (Å²) in [6, 6.07) is 11.2. The molecular formula is C17H21N3O2. The number of rotatable bonds is 8. The Morgan fingerprint density at radius 1 is 1.18 bits per heavy atom. The van der Waals surface area contributed by atoms with Crippen molar-refractivity contribution < 1.29 is 9.63 Å². The maximum atomic E-state index is 12.2. The van der Waals surface area contributed by atoms with Gasteiger partial charge in [0.1, 0.15) is 0 Å². The van der Waals surface area contributed by atoms with E-state index >= 15 is 0 Å². The molecule has 0 saturated heterocycles. The van der Waals surface area contributed by atoms with Crippen molar-refractivity contribution in [2.45, 2.75) is 26.3 Å². The molecule has 0 aliphatic rings. The Morgan fingerprint density at radius 3 is 2.73 bits per heavy atom. The number of aromatic nitrogens is 1. The summed E-state index contributed by atoms with van der Waals surface area (Å²) in [6.07, 6.45) is 5.44. The lowest BCUT2D eigenvalue weighted by Crippen LogP contribution is -2.25. The summed E-state index contributed by atoms with van der Waals surface area (Å²) in [7, 11) is 0. The fraction of sp³-hybridized carbons (Fsp3) is 0.294. The lowest BCUT2D eigenvalue weighted by molar-refractivity contribution is 0.0302. The average molecular weight is 299 g/mol. The van der Waals surface area contributed by atoms with Gasteiger partial charge in [0.2, 0.25) is 0 Å². The molecule has 1 aromatic carbocycles. The van der Waals surface area contributed by atoms with Gasteiger partial charge in [0, 0.05) is 24.6 Å². The maximum absolute atomic E-state index is 12.2. The number of amides is 1. The van der Waals surface area contributed by atoms with Crippen molar-refractivity contribution >= 4 is 11.6 Å². The van der Waals surface area contributed by atoms with Crippen LogP contribution in [0.5, 0.6) is 0 Å². The van der Waals surface area contributed by atoms with Crippen LogP contribution in [0.25, 0.3) is 0 Å². The van der Waals surface area contributed by atoms with Gasteiger partial charge in [-0.3, -0.25) is 14.6 Å². The SMILES string of the molecule is CCCCONC(=O)c1ccccc1NCc1ccncc1. The molecule has 22 heavy (non-hydrogen) atoms. The minimum Gasteiger partial charge on any atom is -0.380 e. The fourth-order valence-corrected chi connectivity index (χ4v) is 1.92. The highest BCUT2D eigenvalue weighted by Gasteiger charge is 2.10. The second-order valence-electron chi connectivity index (χ2n) is 4.89. The predicted molar refractivity (Wildman–Crippen MR) is 86.3 cm³/mol. The fourth-order valence-electron chi connectivity index (χ4n) is 1.92. The first-order valence-electron chi connectivity index (χ1n) is 7.45. The molecule has 2 rings (SSSR count). The van der Waals surface area contributed by atoms with Crippen LogP contribution in [0.4, 0.5) is 5.69 Å². The Balaban J connectivity index is 1.95. The zero-order chi connectivity index (χ0) is 15.6. The van der Waals surface area contributed by atoms with Crippen LogP contribution in [-0.2, 0) is 11.4 Å². The number of carbonyl (C=O) groups is 1. The number of hydroxylamine groups is 1. The van der Waals surface area contributed by atoms with E-state index in [0.717, 1.165) is 24.1 Å². The molecule has 116 valence electrons. The van der Waals surface area contributed by atoms with Crippen molar-refractivity contribution in [3.63, 3.8) is 0 Å². The van der Waals surface area contributed by atoms with Crippen LogP contribution in [0.15, 0.2) is 48.8 Å². The summed E-state index contributed by atoms with van der Waals surface area (Å²) in [5.41, 5.74) is 4.92. The van der Waals surface area contributed by atoms with Gasteiger partial charge in [-0.05, 0) is 36.2 Å². The van der Waals surface area contributed by atoms with Gasteiger partial charge in [-0.1, -0.05) is 25.5 Å². The van der Waals surface area contributed by atoms with E-state index in [1.165, 1.54) is 0 Å². The van der Waals surface area contributed by atoms with E-state index in [1.54, 1.807) is 18.5 Å². The number of hydrogen-bond acceptors (Lipinski definition) is 4. The van der Waals surface area contributed by atoms with E-state index < -0.39 is 0 Å². The van der Waals surface area contributed by atoms with Crippen molar-refractivity contribution in [1.82, 2.24) is 10.5 Å². The molecule has 0 bridgehead atoms. The summed E-state index contributed by atoms with van der Waals surface area (Å²) in [5.74, 6) is -0.242. The molecule has 0 aliphatic heterocycles. The number of nitrogens with zero attached hydrogens (tertiary/aromatic N) is 1. The minimum atomic E-state index is -0.242. The molecule has 0 saturated carbocycles. The zero-order valence-electron chi connectivity index (χ0n) is 12.7. The van der Waals surface area contributed by atoms with Crippen LogP contribution in [0, 0.1) is 0 Å². The molecule has 0 unspecified atom stereocenters. The van der Waals surface area contributed by atoms with Crippen LogP contribution >= 0.6 is 0 Å². The molecule has 2 N–H and O–H groups in total. The maximum Gasteiger partial charge on any atom is 0.276 e. The first-order chi connectivity index (χ1) is 10.8. The quantitative estimate of drug-likeness (QED) is 0.580. The number of benzene rings is 1. The van der Waals surface area contributed by atoms with Gasteiger partial charge in [-0.15, -0.1) is 0 Å². The first-order valence-corrected chi connectivity index (χ1v) is 7.45. The topological polar surface area (TPSA) is 63.2 Å². The number of hydrogen-bond donors (Lipinski definition) is 2. The monoisotopic (exact) mass is 299 g/mol. The van der Waals surface area contributed by atoms with Gasteiger partial charge in [0.25, 0.3) is 5.91 Å². The molecule has 0 fully saturated rings. The van der Waals surface area contributed by atoms with Gasteiger partial charge in [-0.25, -0.2) is 5.48 Å². The predicted octanol–water partition coefficient (Wildman–Crippen LogP) is 3.16. The van der Waals surface area contributed by atoms with E-state index in [9.17, 15) is 4.79 Å². The molecule has 5 heteroatoms. The van der Waals surface area contributed by atoms with Crippen LogP contribution in [0.1, 0.15) is 35.7 Å². The zero-order valence-corrected chi connectivity index (χ0v) is 12.7. The minimum absolute atomic E-state index is 0.242. The van der Waals surface area contributed by atoms with E-state index in [2.05, 4.69) is 22.7 Å².